The summed E-state index contributed by atoms with van der Waals surface area (Å²) in [6.07, 6.45) is 3.99. The molecule has 2 aromatic rings. The van der Waals surface area contributed by atoms with Gasteiger partial charge in [0, 0.05) is 13.6 Å². The number of hydrogen-bond acceptors (Lipinski definition) is 4. The quantitative estimate of drug-likeness (QED) is 0.657. The summed E-state index contributed by atoms with van der Waals surface area (Å²) < 4.78 is 1.69. The maximum absolute atomic E-state index is 5.86. The van der Waals surface area contributed by atoms with Gasteiger partial charge in [0.2, 0.25) is 5.28 Å². The van der Waals surface area contributed by atoms with E-state index in [-0.39, 0.29) is 5.28 Å². The molecule has 0 saturated carbocycles. The molecule has 16 heavy (non-hydrogen) atoms. The van der Waals surface area contributed by atoms with Gasteiger partial charge in [-0.1, -0.05) is 13.3 Å². The molecular formula is C10H14ClN5. The predicted molar refractivity (Wildman–Crippen MR) is 64.7 cm³/mol. The number of anilines is 1. The molecule has 0 saturated heterocycles. The van der Waals surface area contributed by atoms with Crippen molar-refractivity contribution in [3.63, 3.8) is 0 Å². The molecule has 0 aliphatic rings. The smallest absolute Gasteiger partial charge is 0.226 e. The number of halogens is 1. The second-order valence-electron chi connectivity index (χ2n) is 3.63. The van der Waals surface area contributed by atoms with E-state index in [2.05, 4.69) is 27.3 Å². The molecule has 0 unspecified atom stereocenters. The maximum Gasteiger partial charge on any atom is 0.226 e. The first-order valence-electron chi connectivity index (χ1n) is 5.31. The first-order chi connectivity index (χ1) is 7.72. The van der Waals surface area contributed by atoms with Crippen LogP contribution in [0.1, 0.15) is 19.8 Å². The third-order valence-electron chi connectivity index (χ3n) is 2.39. The van der Waals surface area contributed by atoms with E-state index in [4.69, 9.17) is 11.6 Å². The van der Waals surface area contributed by atoms with Gasteiger partial charge in [-0.05, 0) is 18.0 Å². The fraction of sp³-hybridized carbons (Fsp3) is 0.500. The summed E-state index contributed by atoms with van der Waals surface area (Å²) in [5.74, 6) is 0.761. The number of aromatic nitrogens is 4. The molecule has 0 amide bonds. The molecule has 2 heterocycles. The van der Waals surface area contributed by atoms with Crippen LogP contribution >= 0.6 is 11.6 Å². The van der Waals surface area contributed by atoms with Gasteiger partial charge in [0.05, 0.1) is 11.6 Å². The van der Waals surface area contributed by atoms with E-state index in [9.17, 15) is 0 Å². The molecular weight excluding hydrogens is 226 g/mol. The summed E-state index contributed by atoms with van der Waals surface area (Å²) in [5, 5.41) is 8.55. The molecule has 0 radical (unpaired) electrons. The second-order valence-corrected chi connectivity index (χ2v) is 3.97. The molecule has 6 heteroatoms. The minimum absolute atomic E-state index is 0.245. The van der Waals surface area contributed by atoms with Gasteiger partial charge in [-0.2, -0.15) is 15.1 Å². The second kappa shape index (κ2) is 4.65. The van der Waals surface area contributed by atoms with Gasteiger partial charge < -0.3 is 5.32 Å². The van der Waals surface area contributed by atoms with Crippen molar-refractivity contribution in [2.24, 2.45) is 7.05 Å². The molecule has 1 N–H and O–H groups in total. The summed E-state index contributed by atoms with van der Waals surface area (Å²) >= 11 is 5.86. The molecule has 0 aliphatic carbocycles. The van der Waals surface area contributed by atoms with E-state index in [0.29, 0.717) is 0 Å². The van der Waals surface area contributed by atoms with Gasteiger partial charge in [0.25, 0.3) is 0 Å². The minimum Gasteiger partial charge on any atom is -0.369 e. The van der Waals surface area contributed by atoms with Gasteiger partial charge in [0.15, 0.2) is 5.65 Å². The average molecular weight is 240 g/mol. The largest absolute Gasteiger partial charge is 0.369 e. The van der Waals surface area contributed by atoms with Gasteiger partial charge in [0.1, 0.15) is 5.82 Å². The van der Waals surface area contributed by atoms with Crippen LogP contribution < -0.4 is 5.32 Å². The van der Waals surface area contributed by atoms with Gasteiger partial charge >= 0.3 is 0 Å². The highest BCUT2D eigenvalue weighted by atomic mass is 35.5. The minimum atomic E-state index is 0.245. The van der Waals surface area contributed by atoms with Crippen LogP contribution in [0.5, 0.6) is 0 Å². The normalized spacial score (nSPS) is 10.9. The van der Waals surface area contributed by atoms with Crippen molar-refractivity contribution in [1.82, 2.24) is 19.7 Å². The summed E-state index contributed by atoms with van der Waals surface area (Å²) in [6, 6.07) is 0. The molecule has 5 nitrogen and oxygen atoms in total. The SMILES string of the molecule is CCCCNc1nc(Cl)nc2c1cnn2C. The number of nitrogens with one attached hydrogen (secondary N) is 1. The van der Waals surface area contributed by atoms with Crippen molar-refractivity contribution >= 4 is 28.5 Å². The summed E-state index contributed by atoms with van der Waals surface area (Å²) in [4.78, 5) is 8.32. The van der Waals surface area contributed by atoms with Crippen LogP contribution in [0.25, 0.3) is 11.0 Å². The fourth-order valence-electron chi connectivity index (χ4n) is 1.51. The van der Waals surface area contributed by atoms with Crippen LogP contribution in [-0.2, 0) is 7.05 Å². The van der Waals surface area contributed by atoms with Crippen molar-refractivity contribution in [3.8, 4) is 0 Å². The summed E-state index contributed by atoms with van der Waals surface area (Å²) in [6.45, 7) is 3.03. The topological polar surface area (TPSA) is 55.6 Å². The van der Waals surface area contributed by atoms with Crippen molar-refractivity contribution in [2.75, 3.05) is 11.9 Å². The predicted octanol–water partition coefficient (Wildman–Crippen LogP) is 2.23. The number of rotatable bonds is 4. The lowest BCUT2D eigenvalue weighted by molar-refractivity contribution is 0.785. The first-order valence-corrected chi connectivity index (χ1v) is 5.69. The Bertz CT molecular complexity index is 493. The average Bonchev–Trinajstić information content (AvgIpc) is 2.61. The van der Waals surface area contributed by atoms with Gasteiger partial charge in [-0.3, -0.25) is 4.68 Å². The Kier molecular flexibility index (Phi) is 3.24. The van der Waals surface area contributed by atoms with E-state index in [1.54, 1.807) is 10.9 Å². The Morgan fingerprint density at radius 3 is 3.00 bits per heavy atom. The number of hydrogen-bond donors (Lipinski definition) is 1. The third-order valence-corrected chi connectivity index (χ3v) is 2.56. The van der Waals surface area contributed by atoms with Crippen molar-refractivity contribution in [2.45, 2.75) is 19.8 Å². The van der Waals surface area contributed by atoms with Crippen molar-refractivity contribution < 1.29 is 0 Å². The van der Waals surface area contributed by atoms with Gasteiger partial charge in [-0.25, -0.2) is 0 Å². The van der Waals surface area contributed by atoms with E-state index in [1.165, 1.54) is 0 Å². The highest BCUT2D eigenvalue weighted by Gasteiger charge is 2.09. The Morgan fingerprint density at radius 1 is 1.44 bits per heavy atom. The Morgan fingerprint density at radius 2 is 2.25 bits per heavy atom. The maximum atomic E-state index is 5.86. The van der Waals surface area contributed by atoms with Crippen LogP contribution in [0.3, 0.4) is 0 Å². The van der Waals surface area contributed by atoms with E-state index >= 15 is 0 Å². The number of unbranched alkanes of at least 4 members (excludes halogenated alkanes) is 1. The van der Waals surface area contributed by atoms with Crippen LogP contribution in [0.4, 0.5) is 5.82 Å². The molecule has 0 bridgehead atoms. The Balaban J connectivity index is 2.35. The van der Waals surface area contributed by atoms with E-state index in [1.807, 2.05) is 7.05 Å². The third kappa shape index (κ3) is 2.09. The van der Waals surface area contributed by atoms with Crippen LogP contribution in [0.15, 0.2) is 6.20 Å². The molecule has 0 aromatic carbocycles. The fourth-order valence-corrected chi connectivity index (χ4v) is 1.68. The lowest BCUT2D eigenvalue weighted by Gasteiger charge is -2.05. The molecule has 2 rings (SSSR count). The van der Waals surface area contributed by atoms with Crippen LogP contribution in [0, 0.1) is 0 Å². The zero-order valence-corrected chi connectivity index (χ0v) is 10.1. The Hall–Kier alpha value is -1.36. The van der Waals surface area contributed by atoms with Crippen LogP contribution in [0.2, 0.25) is 5.28 Å². The zero-order valence-electron chi connectivity index (χ0n) is 9.37. The monoisotopic (exact) mass is 239 g/mol. The number of nitrogens with zero attached hydrogens (tertiary/aromatic N) is 4. The Labute approximate surface area is 98.8 Å². The van der Waals surface area contributed by atoms with Gasteiger partial charge in [-0.15, -0.1) is 0 Å². The molecule has 86 valence electrons. The molecule has 2 aromatic heterocycles. The van der Waals surface area contributed by atoms with E-state index in [0.717, 1.165) is 36.2 Å². The van der Waals surface area contributed by atoms with Crippen molar-refractivity contribution in [3.05, 3.63) is 11.5 Å². The number of aryl methyl sites for hydroxylation is 1. The zero-order chi connectivity index (χ0) is 11.5. The summed E-state index contributed by atoms with van der Waals surface area (Å²) in [5.41, 5.74) is 0.749. The summed E-state index contributed by atoms with van der Waals surface area (Å²) in [7, 11) is 1.83. The lowest BCUT2D eigenvalue weighted by atomic mass is 10.3. The van der Waals surface area contributed by atoms with Crippen molar-refractivity contribution in [1.29, 1.82) is 0 Å². The molecule has 0 spiro atoms. The molecule has 0 aliphatic heterocycles. The highest BCUT2D eigenvalue weighted by Crippen LogP contribution is 2.21. The van der Waals surface area contributed by atoms with Crippen LogP contribution in [-0.4, -0.2) is 26.3 Å². The molecule has 0 atom stereocenters. The standard InChI is InChI=1S/C10H14ClN5/c1-3-4-5-12-8-7-6-13-16(2)9(7)15-10(11)14-8/h6H,3-5H2,1-2H3,(H,12,14,15). The first kappa shape index (κ1) is 11.1. The highest BCUT2D eigenvalue weighted by molar-refractivity contribution is 6.28. The molecule has 0 fully saturated rings. The lowest BCUT2D eigenvalue weighted by Crippen LogP contribution is -2.04. The van der Waals surface area contributed by atoms with E-state index < -0.39 is 0 Å². The number of fused-ring (bicyclic) bond motifs is 1.